The minimum Gasteiger partial charge on any atom is -0.370 e. The molecule has 0 saturated carbocycles. The zero-order valence-electron chi connectivity index (χ0n) is 15.0. The standard InChI is InChI=1S/C19H21ClF3N3S/c1-3-26(15-7-4-13(2)5-8-15)11-10-24-18(27)25-14-6-9-17(20)16(12-14)19(21,22)23/h4-9,12H,3,10-11H2,1-2H3,(H2,24,25,27). The molecule has 0 aliphatic carbocycles. The molecule has 0 aliphatic heterocycles. The van der Waals surface area contributed by atoms with Crippen LogP contribution in [0.25, 0.3) is 0 Å². The Bertz CT molecular complexity index is 779. The molecule has 2 N–H and O–H groups in total. The van der Waals surface area contributed by atoms with E-state index >= 15 is 0 Å². The molecule has 0 radical (unpaired) electrons. The number of thiocarbonyl (C=S) groups is 1. The van der Waals surface area contributed by atoms with Crippen LogP contribution in [0.4, 0.5) is 24.5 Å². The summed E-state index contributed by atoms with van der Waals surface area (Å²) in [4.78, 5) is 2.18. The first kappa shape index (κ1) is 21.3. The Morgan fingerprint density at radius 1 is 1.15 bits per heavy atom. The Balaban J connectivity index is 1.90. The van der Waals surface area contributed by atoms with Gasteiger partial charge in [0, 0.05) is 31.0 Å². The zero-order valence-corrected chi connectivity index (χ0v) is 16.6. The normalized spacial score (nSPS) is 11.2. The van der Waals surface area contributed by atoms with Crippen molar-refractivity contribution in [2.45, 2.75) is 20.0 Å². The van der Waals surface area contributed by atoms with E-state index in [4.69, 9.17) is 23.8 Å². The van der Waals surface area contributed by atoms with Crippen LogP contribution in [-0.4, -0.2) is 24.7 Å². The molecule has 8 heteroatoms. The van der Waals surface area contributed by atoms with Crippen LogP contribution in [0.5, 0.6) is 0 Å². The van der Waals surface area contributed by atoms with E-state index in [0.29, 0.717) is 13.1 Å². The van der Waals surface area contributed by atoms with Crippen molar-refractivity contribution in [1.82, 2.24) is 5.32 Å². The highest BCUT2D eigenvalue weighted by molar-refractivity contribution is 7.80. The molecule has 0 amide bonds. The highest BCUT2D eigenvalue weighted by Gasteiger charge is 2.33. The fourth-order valence-corrected chi connectivity index (χ4v) is 2.97. The van der Waals surface area contributed by atoms with Crippen LogP contribution in [0.15, 0.2) is 42.5 Å². The second-order valence-corrected chi connectivity index (χ2v) is 6.80. The molecular formula is C19H21ClF3N3S. The van der Waals surface area contributed by atoms with Crippen LogP contribution < -0.4 is 15.5 Å². The predicted molar refractivity (Wildman–Crippen MR) is 110 cm³/mol. The number of halogens is 4. The Labute approximate surface area is 167 Å². The Morgan fingerprint density at radius 2 is 1.81 bits per heavy atom. The van der Waals surface area contributed by atoms with Crippen LogP contribution in [0.3, 0.4) is 0 Å². The highest BCUT2D eigenvalue weighted by atomic mass is 35.5. The van der Waals surface area contributed by atoms with Crippen molar-refractivity contribution in [2.24, 2.45) is 0 Å². The number of aryl methyl sites for hydroxylation is 1. The maximum Gasteiger partial charge on any atom is 0.417 e. The Morgan fingerprint density at radius 3 is 2.41 bits per heavy atom. The maximum atomic E-state index is 12.9. The fraction of sp³-hybridized carbons (Fsp3) is 0.316. The lowest BCUT2D eigenvalue weighted by molar-refractivity contribution is -0.137. The van der Waals surface area contributed by atoms with Crippen molar-refractivity contribution in [3.8, 4) is 0 Å². The van der Waals surface area contributed by atoms with Gasteiger partial charge in [0.05, 0.1) is 10.6 Å². The quantitative estimate of drug-likeness (QED) is 0.611. The lowest BCUT2D eigenvalue weighted by Gasteiger charge is -2.24. The second kappa shape index (κ2) is 9.28. The van der Waals surface area contributed by atoms with Gasteiger partial charge in [0.1, 0.15) is 0 Å². The molecule has 2 aromatic carbocycles. The number of anilines is 2. The molecule has 146 valence electrons. The predicted octanol–water partition coefficient (Wildman–Crippen LogP) is 5.48. The van der Waals surface area contributed by atoms with Gasteiger partial charge in [0.25, 0.3) is 0 Å². The third kappa shape index (κ3) is 6.29. The summed E-state index contributed by atoms with van der Waals surface area (Å²) >= 11 is 10.8. The van der Waals surface area contributed by atoms with E-state index in [-0.39, 0.29) is 15.8 Å². The van der Waals surface area contributed by atoms with Crippen LogP contribution in [0.2, 0.25) is 5.02 Å². The average Bonchev–Trinajstić information content (AvgIpc) is 2.60. The second-order valence-electron chi connectivity index (χ2n) is 5.99. The van der Waals surface area contributed by atoms with Crippen LogP contribution in [0.1, 0.15) is 18.1 Å². The average molecular weight is 416 g/mol. The van der Waals surface area contributed by atoms with Gasteiger partial charge in [-0.1, -0.05) is 29.3 Å². The number of benzene rings is 2. The van der Waals surface area contributed by atoms with Gasteiger partial charge < -0.3 is 15.5 Å². The lowest BCUT2D eigenvalue weighted by atomic mass is 10.2. The molecule has 27 heavy (non-hydrogen) atoms. The molecule has 3 nitrogen and oxygen atoms in total. The van der Waals surface area contributed by atoms with Gasteiger partial charge in [-0.15, -0.1) is 0 Å². The summed E-state index contributed by atoms with van der Waals surface area (Å²) in [5, 5.41) is 5.69. The SMILES string of the molecule is CCN(CCNC(=S)Nc1ccc(Cl)c(C(F)(F)F)c1)c1ccc(C)cc1. The van der Waals surface area contributed by atoms with Crippen LogP contribution in [0, 0.1) is 6.92 Å². The van der Waals surface area contributed by atoms with E-state index in [9.17, 15) is 13.2 Å². The van der Waals surface area contributed by atoms with Gasteiger partial charge in [-0.3, -0.25) is 0 Å². The van der Waals surface area contributed by atoms with E-state index in [1.165, 1.54) is 17.7 Å². The van der Waals surface area contributed by atoms with Gasteiger partial charge in [-0.25, -0.2) is 0 Å². The minimum absolute atomic E-state index is 0.232. The fourth-order valence-electron chi connectivity index (χ4n) is 2.53. The zero-order chi connectivity index (χ0) is 20.0. The van der Waals surface area contributed by atoms with E-state index < -0.39 is 11.7 Å². The van der Waals surface area contributed by atoms with E-state index in [2.05, 4.69) is 46.7 Å². The number of nitrogens with zero attached hydrogens (tertiary/aromatic N) is 1. The van der Waals surface area contributed by atoms with Crippen molar-refractivity contribution < 1.29 is 13.2 Å². The summed E-state index contributed by atoms with van der Waals surface area (Å²) < 4.78 is 38.7. The van der Waals surface area contributed by atoms with Crippen molar-refractivity contribution in [3.63, 3.8) is 0 Å². The minimum atomic E-state index is -4.51. The van der Waals surface area contributed by atoms with E-state index in [1.807, 2.05) is 6.92 Å². The molecule has 0 saturated heterocycles. The molecule has 2 aromatic rings. The first-order valence-corrected chi connectivity index (χ1v) is 9.22. The highest BCUT2D eigenvalue weighted by Crippen LogP contribution is 2.36. The lowest BCUT2D eigenvalue weighted by Crippen LogP contribution is -2.36. The van der Waals surface area contributed by atoms with Crippen molar-refractivity contribution >= 4 is 40.3 Å². The van der Waals surface area contributed by atoms with Gasteiger partial charge in [-0.2, -0.15) is 13.2 Å². The van der Waals surface area contributed by atoms with Crippen molar-refractivity contribution in [3.05, 3.63) is 58.6 Å². The van der Waals surface area contributed by atoms with Crippen LogP contribution in [-0.2, 0) is 6.18 Å². The molecule has 0 heterocycles. The van der Waals surface area contributed by atoms with Crippen LogP contribution >= 0.6 is 23.8 Å². The maximum absolute atomic E-state index is 12.9. The van der Waals surface area contributed by atoms with Gasteiger partial charge in [-0.05, 0) is 56.4 Å². The summed E-state index contributed by atoms with van der Waals surface area (Å²) in [6.45, 7) is 6.18. The van der Waals surface area contributed by atoms with Gasteiger partial charge in [0.15, 0.2) is 5.11 Å². The first-order valence-electron chi connectivity index (χ1n) is 8.44. The smallest absolute Gasteiger partial charge is 0.370 e. The molecule has 0 fully saturated rings. The monoisotopic (exact) mass is 415 g/mol. The van der Waals surface area contributed by atoms with Gasteiger partial charge in [0.2, 0.25) is 0 Å². The number of hydrogen-bond donors (Lipinski definition) is 2. The summed E-state index contributed by atoms with van der Waals surface area (Å²) in [6, 6.07) is 11.8. The molecule has 0 unspecified atom stereocenters. The van der Waals surface area contributed by atoms with Gasteiger partial charge >= 0.3 is 6.18 Å². The number of nitrogens with one attached hydrogen (secondary N) is 2. The van der Waals surface area contributed by atoms with Crippen molar-refractivity contribution in [2.75, 3.05) is 29.9 Å². The Kier molecular flexibility index (Phi) is 7.33. The molecule has 2 rings (SSSR count). The topological polar surface area (TPSA) is 27.3 Å². The molecule has 0 spiro atoms. The Hall–Kier alpha value is -1.99. The molecule has 0 aromatic heterocycles. The van der Waals surface area contributed by atoms with E-state index in [1.54, 1.807) is 0 Å². The number of likely N-dealkylation sites (N-methyl/N-ethyl adjacent to an activating group) is 1. The number of rotatable bonds is 6. The third-order valence-corrected chi connectivity index (χ3v) is 4.55. The summed E-state index contributed by atoms with van der Waals surface area (Å²) in [7, 11) is 0. The summed E-state index contributed by atoms with van der Waals surface area (Å²) in [5.41, 5.74) is 1.64. The molecular weight excluding hydrogens is 395 g/mol. The molecule has 0 atom stereocenters. The number of alkyl halides is 3. The molecule has 0 aliphatic rings. The molecule has 0 bridgehead atoms. The number of hydrogen-bond acceptors (Lipinski definition) is 2. The summed E-state index contributed by atoms with van der Waals surface area (Å²) in [6.07, 6.45) is -4.51. The van der Waals surface area contributed by atoms with E-state index in [0.717, 1.165) is 18.3 Å². The summed E-state index contributed by atoms with van der Waals surface area (Å²) in [5.74, 6) is 0. The third-order valence-electron chi connectivity index (χ3n) is 3.98. The largest absolute Gasteiger partial charge is 0.417 e. The van der Waals surface area contributed by atoms with Crippen molar-refractivity contribution in [1.29, 1.82) is 0 Å². The first-order chi connectivity index (χ1) is 12.7.